The summed E-state index contributed by atoms with van der Waals surface area (Å²) in [6.45, 7) is 0. The van der Waals surface area contributed by atoms with Crippen LogP contribution in [0.1, 0.15) is 0 Å². The molecule has 0 spiro atoms. The van der Waals surface area contributed by atoms with Gasteiger partial charge in [0.15, 0.2) is 0 Å². The molecule has 0 aliphatic carbocycles. The second kappa shape index (κ2) is 14.5. The van der Waals surface area contributed by atoms with E-state index in [1.807, 2.05) is 30.3 Å². The van der Waals surface area contributed by atoms with Gasteiger partial charge < -0.3 is 9.13 Å². The molecule has 0 aliphatic rings. The summed E-state index contributed by atoms with van der Waals surface area (Å²) < 4.78 is 4.78. The fraction of sp³-hybridized carbons (Fsp3) is 0. The zero-order valence-electron chi connectivity index (χ0n) is 34.7. The molecule has 0 bridgehead atoms. The summed E-state index contributed by atoms with van der Waals surface area (Å²) >= 11 is 0. The minimum absolute atomic E-state index is 0.872. The van der Waals surface area contributed by atoms with Crippen molar-refractivity contribution in [2.24, 2.45) is 0 Å². The van der Waals surface area contributed by atoms with Gasteiger partial charge in [0, 0.05) is 44.0 Å². The summed E-state index contributed by atoms with van der Waals surface area (Å²) in [4.78, 5) is 10.3. The Morgan fingerprint density at radius 3 is 1.36 bits per heavy atom. The molecule has 13 aromatic rings. The molecule has 64 heavy (non-hydrogen) atoms. The molecule has 0 fully saturated rings. The maximum atomic E-state index is 5.16. The third-order valence-electron chi connectivity index (χ3n) is 12.9. The molecule has 4 nitrogen and oxygen atoms in total. The number of rotatable bonds is 6. The van der Waals surface area contributed by atoms with Crippen molar-refractivity contribution in [1.82, 2.24) is 19.1 Å². The number of hydrogen-bond acceptors (Lipinski definition) is 2. The van der Waals surface area contributed by atoms with Gasteiger partial charge in [0.25, 0.3) is 0 Å². The second-order valence-corrected chi connectivity index (χ2v) is 16.6. The molecular weight excluding hydrogens is 777 g/mol. The highest BCUT2D eigenvalue weighted by molar-refractivity contribution is 6.14. The van der Waals surface area contributed by atoms with Gasteiger partial charge in [0.05, 0.1) is 44.5 Å². The van der Waals surface area contributed by atoms with Crippen LogP contribution in [0, 0.1) is 0 Å². The van der Waals surface area contributed by atoms with Crippen molar-refractivity contribution in [3.05, 3.63) is 231 Å². The maximum absolute atomic E-state index is 5.16. The Kier molecular flexibility index (Phi) is 8.18. The molecule has 13 rings (SSSR count). The average Bonchev–Trinajstić information content (AvgIpc) is 3.88. The van der Waals surface area contributed by atoms with Crippen molar-refractivity contribution in [1.29, 1.82) is 0 Å². The van der Waals surface area contributed by atoms with Gasteiger partial charge in [-0.25, -0.2) is 9.97 Å². The highest BCUT2D eigenvalue weighted by atomic mass is 15.0. The predicted molar refractivity (Wildman–Crippen MR) is 267 cm³/mol. The van der Waals surface area contributed by atoms with E-state index in [2.05, 4.69) is 209 Å². The standard InChI is InChI=1S/C60H38N4/c1-3-15-40(16-4-1)59-60(62-54-24-11-10-23-53(54)61-59)41-26-31-46(32-27-41)64-55-25-12-9-21-49(55)50-36-42(28-33-56(50)64)43-29-34-57-51(37-43)52-38-44(48-22-13-17-39-14-7-8-20-47(39)48)30-35-58(52)63(57)45-18-5-2-6-19-45/h1-38H. The van der Waals surface area contributed by atoms with Crippen LogP contribution >= 0.6 is 0 Å². The van der Waals surface area contributed by atoms with Crippen molar-refractivity contribution in [2.75, 3.05) is 0 Å². The first-order valence-corrected chi connectivity index (χ1v) is 21.8. The van der Waals surface area contributed by atoms with E-state index in [1.54, 1.807) is 0 Å². The van der Waals surface area contributed by atoms with Gasteiger partial charge in [-0.05, 0) is 112 Å². The zero-order chi connectivity index (χ0) is 42.1. The van der Waals surface area contributed by atoms with E-state index in [1.165, 1.54) is 71.1 Å². The summed E-state index contributed by atoms with van der Waals surface area (Å²) in [5.74, 6) is 0. The number of aromatic nitrogens is 4. The highest BCUT2D eigenvalue weighted by Gasteiger charge is 2.19. The van der Waals surface area contributed by atoms with Crippen molar-refractivity contribution >= 4 is 65.4 Å². The van der Waals surface area contributed by atoms with Gasteiger partial charge in [0.1, 0.15) is 0 Å². The summed E-state index contributed by atoms with van der Waals surface area (Å²) in [5.41, 5.74) is 17.4. The lowest BCUT2D eigenvalue weighted by Crippen LogP contribution is -1.97. The largest absolute Gasteiger partial charge is 0.309 e. The Balaban J connectivity index is 0.942. The van der Waals surface area contributed by atoms with Crippen LogP contribution in [-0.4, -0.2) is 19.1 Å². The predicted octanol–water partition coefficient (Wildman–Crippen LogP) is 15.6. The molecule has 298 valence electrons. The molecule has 10 aromatic carbocycles. The molecule has 0 radical (unpaired) electrons. The lowest BCUT2D eigenvalue weighted by molar-refractivity contribution is 1.18. The lowest BCUT2D eigenvalue weighted by atomic mass is 9.96. The van der Waals surface area contributed by atoms with Gasteiger partial charge in [-0.2, -0.15) is 0 Å². The van der Waals surface area contributed by atoms with Crippen molar-refractivity contribution in [2.45, 2.75) is 0 Å². The SMILES string of the molecule is c1ccc(-c2nc3ccccc3nc2-c2ccc(-n3c4ccccc4c4cc(-c5ccc6c(c5)c5cc(-c7cccc8ccccc78)ccc5n6-c5ccccc5)ccc43)cc2)cc1. The topological polar surface area (TPSA) is 35.6 Å². The van der Waals surface area contributed by atoms with Crippen molar-refractivity contribution in [3.8, 4) is 56.1 Å². The van der Waals surface area contributed by atoms with Crippen LogP contribution in [0.2, 0.25) is 0 Å². The first-order valence-electron chi connectivity index (χ1n) is 21.8. The van der Waals surface area contributed by atoms with Gasteiger partial charge in [0.2, 0.25) is 0 Å². The number of hydrogen-bond donors (Lipinski definition) is 0. The molecule has 0 aliphatic heterocycles. The van der Waals surface area contributed by atoms with Crippen LogP contribution in [0.25, 0.3) is 122 Å². The zero-order valence-corrected chi connectivity index (χ0v) is 34.7. The summed E-state index contributed by atoms with van der Waals surface area (Å²) in [6.07, 6.45) is 0. The molecule has 3 aromatic heterocycles. The third kappa shape index (κ3) is 5.77. The average molecular weight is 815 g/mol. The fourth-order valence-electron chi connectivity index (χ4n) is 9.90. The highest BCUT2D eigenvalue weighted by Crippen LogP contribution is 2.41. The first kappa shape index (κ1) is 36.1. The minimum atomic E-state index is 0.872. The monoisotopic (exact) mass is 814 g/mol. The third-order valence-corrected chi connectivity index (χ3v) is 12.9. The fourth-order valence-corrected chi connectivity index (χ4v) is 9.90. The maximum Gasteiger partial charge on any atom is 0.0973 e. The number of benzene rings is 10. The van der Waals surface area contributed by atoms with Crippen LogP contribution in [0.4, 0.5) is 0 Å². The summed E-state index contributed by atoms with van der Waals surface area (Å²) in [6, 6.07) is 82.8. The molecule has 0 N–H and O–H groups in total. The van der Waals surface area contributed by atoms with Crippen molar-refractivity contribution < 1.29 is 0 Å². The van der Waals surface area contributed by atoms with E-state index in [9.17, 15) is 0 Å². The second-order valence-electron chi connectivity index (χ2n) is 16.6. The van der Waals surface area contributed by atoms with E-state index in [-0.39, 0.29) is 0 Å². The molecule has 0 saturated heterocycles. The molecular formula is C60H38N4. The van der Waals surface area contributed by atoms with Crippen LogP contribution in [0.5, 0.6) is 0 Å². The van der Waals surface area contributed by atoms with Crippen LogP contribution in [0.3, 0.4) is 0 Å². The van der Waals surface area contributed by atoms with Crippen molar-refractivity contribution in [3.63, 3.8) is 0 Å². The van der Waals surface area contributed by atoms with Gasteiger partial charge >= 0.3 is 0 Å². The summed E-state index contributed by atoms with van der Waals surface area (Å²) in [7, 11) is 0. The van der Waals surface area contributed by atoms with Gasteiger partial charge in [-0.1, -0.05) is 152 Å². The first-order chi connectivity index (χ1) is 31.7. The van der Waals surface area contributed by atoms with E-state index >= 15 is 0 Å². The summed E-state index contributed by atoms with van der Waals surface area (Å²) in [5, 5.41) is 7.41. The molecule has 0 amide bonds. The Morgan fingerprint density at radius 1 is 0.266 bits per heavy atom. The number of nitrogens with zero attached hydrogens (tertiary/aromatic N) is 4. The number of para-hydroxylation sites is 4. The lowest BCUT2D eigenvalue weighted by Gasteiger charge is -2.12. The molecule has 4 heteroatoms. The van der Waals surface area contributed by atoms with Crippen LogP contribution in [-0.2, 0) is 0 Å². The molecule has 0 atom stereocenters. The van der Waals surface area contributed by atoms with E-state index in [0.717, 1.165) is 50.4 Å². The Morgan fingerprint density at radius 2 is 0.703 bits per heavy atom. The molecule has 3 heterocycles. The molecule has 0 saturated carbocycles. The van der Waals surface area contributed by atoms with Crippen LogP contribution < -0.4 is 0 Å². The van der Waals surface area contributed by atoms with E-state index in [0.29, 0.717) is 0 Å². The van der Waals surface area contributed by atoms with Gasteiger partial charge in [-0.15, -0.1) is 0 Å². The van der Waals surface area contributed by atoms with Crippen LogP contribution in [0.15, 0.2) is 231 Å². The quantitative estimate of drug-likeness (QED) is 0.168. The van der Waals surface area contributed by atoms with Gasteiger partial charge in [-0.3, -0.25) is 0 Å². The van der Waals surface area contributed by atoms with E-state index < -0.39 is 0 Å². The Labute approximate surface area is 369 Å². The van der Waals surface area contributed by atoms with E-state index in [4.69, 9.17) is 9.97 Å². The smallest absolute Gasteiger partial charge is 0.0973 e. The molecule has 0 unspecified atom stereocenters. The Bertz CT molecular complexity index is 3930. The number of fused-ring (bicyclic) bond motifs is 8. The normalized spacial score (nSPS) is 11.8. The minimum Gasteiger partial charge on any atom is -0.309 e. The Hall–Kier alpha value is -8.60.